The van der Waals surface area contributed by atoms with Crippen LogP contribution in [0.15, 0.2) is 54.6 Å². The first-order chi connectivity index (χ1) is 13.1. The van der Waals surface area contributed by atoms with Gasteiger partial charge in [0, 0.05) is 11.4 Å². The van der Waals surface area contributed by atoms with Crippen molar-refractivity contribution in [3.05, 3.63) is 70.2 Å². The van der Waals surface area contributed by atoms with Crippen LogP contribution in [0, 0.1) is 0 Å². The summed E-state index contributed by atoms with van der Waals surface area (Å²) in [6, 6.07) is 16.4. The maximum atomic E-state index is 12.2. The molecule has 2 aromatic carbocycles. The summed E-state index contributed by atoms with van der Waals surface area (Å²) in [6.45, 7) is 2.26. The molecular weight excluding hydrogens is 362 g/mol. The quantitative estimate of drug-likeness (QED) is 0.607. The summed E-state index contributed by atoms with van der Waals surface area (Å²) in [7, 11) is 0. The molecule has 3 aromatic rings. The van der Waals surface area contributed by atoms with Crippen molar-refractivity contribution in [2.24, 2.45) is 0 Å². The fraction of sp³-hybridized carbons (Fsp3) is 0.158. The molecule has 0 fully saturated rings. The van der Waals surface area contributed by atoms with Crippen LogP contribution in [0.4, 0.5) is 16.2 Å². The van der Waals surface area contributed by atoms with Crippen molar-refractivity contribution >= 4 is 34.6 Å². The lowest BCUT2D eigenvalue weighted by molar-refractivity contribution is 0.102. The van der Waals surface area contributed by atoms with Crippen molar-refractivity contribution in [2.75, 3.05) is 10.6 Å². The molecule has 1 aromatic heterocycles. The third-order valence-electron chi connectivity index (χ3n) is 3.71. The van der Waals surface area contributed by atoms with Crippen LogP contribution in [0.25, 0.3) is 0 Å². The number of aryl methyl sites for hydroxylation is 1. The molecular formula is C19H19N5O2S. The second-order valence-corrected chi connectivity index (χ2v) is 6.74. The number of urea groups is 1. The number of aromatic nitrogens is 2. The summed E-state index contributed by atoms with van der Waals surface area (Å²) >= 11 is 1.14. The summed E-state index contributed by atoms with van der Waals surface area (Å²) in [4.78, 5) is 24.1. The first-order valence-corrected chi connectivity index (χ1v) is 9.28. The van der Waals surface area contributed by atoms with Gasteiger partial charge in [-0.15, -0.1) is 10.2 Å². The van der Waals surface area contributed by atoms with Crippen LogP contribution < -0.4 is 16.0 Å². The zero-order chi connectivity index (χ0) is 19.1. The molecule has 8 heteroatoms. The Morgan fingerprint density at radius 3 is 2.33 bits per heavy atom. The molecule has 0 atom stereocenters. The standard InChI is InChI=1S/C19H19N5O2S/c1-2-13-8-10-15(11-9-13)22-19(26)20-12-16-23-24-18(27-16)17(25)21-14-6-4-3-5-7-14/h3-11H,2,12H2,1H3,(H,21,25)(H2,20,22,26). The summed E-state index contributed by atoms with van der Waals surface area (Å²) in [5.41, 5.74) is 2.60. The zero-order valence-corrected chi connectivity index (χ0v) is 15.5. The summed E-state index contributed by atoms with van der Waals surface area (Å²) < 4.78 is 0. The molecule has 0 bridgehead atoms. The minimum atomic E-state index is -0.343. The van der Waals surface area contributed by atoms with Crippen LogP contribution >= 0.6 is 11.3 Å². The average molecular weight is 381 g/mol. The highest BCUT2D eigenvalue weighted by molar-refractivity contribution is 7.13. The van der Waals surface area contributed by atoms with Crippen LogP contribution in [0.1, 0.15) is 27.3 Å². The molecule has 138 valence electrons. The van der Waals surface area contributed by atoms with E-state index in [0.717, 1.165) is 17.8 Å². The predicted octanol–water partition coefficient (Wildman–Crippen LogP) is 3.67. The highest BCUT2D eigenvalue weighted by atomic mass is 32.1. The molecule has 0 aliphatic heterocycles. The predicted molar refractivity (Wildman–Crippen MR) is 106 cm³/mol. The zero-order valence-electron chi connectivity index (χ0n) is 14.7. The average Bonchev–Trinajstić information content (AvgIpc) is 3.17. The molecule has 27 heavy (non-hydrogen) atoms. The summed E-state index contributed by atoms with van der Waals surface area (Å²) in [6.07, 6.45) is 0.948. The van der Waals surface area contributed by atoms with Gasteiger partial charge in [0.05, 0.1) is 6.54 Å². The first kappa shape index (κ1) is 18.5. The van der Waals surface area contributed by atoms with Crippen molar-refractivity contribution in [3.8, 4) is 0 Å². The second-order valence-electron chi connectivity index (χ2n) is 5.68. The number of nitrogens with one attached hydrogen (secondary N) is 3. The number of nitrogens with zero attached hydrogens (tertiary/aromatic N) is 2. The second kappa shape index (κ2) is 8.91. The largest absolute Gasteiger partial charge is 0.331 e. The molecule has 0 radical (unpaired) electrons. The van der Waals surface area contributed by atoms with E-state index >= 15 is 0 Å². The van der Waals surface area contributed by atoms with Crippen molar-refractivity contribution in [3.63, 3.8) is 0 Å². The van der Waals surface area contributed by atoms with Gasteiger partial charge < -0.3 is 16.0 Å². The van der Waals surface area contributed by atoms with E-state index in [-0.39, 0.29) is 23.5 Å². The Bertz CT molecular complexity index is 909. The SMILES string of the molecule is CCc1ccc(NC(=O)NCc2nnc(C(=O)Nc3ccccc3)s2)cc1. The Labute approximate surface area is 160 Å². The molecule has 0 aliphatic rings. The fourth-order valence-electron chi connectivity index (χ4n) is 2.28. The number of hydrogen-bond acceptors (Lipinski definition) is 5. The lowest BCUT2D eigenvalue weighted by Crippen LogP contribution is -2.28. The van der Waals surface area contributed by atoms with Gasteiger partial charge in [-0.3, -0.25) is 4.79 Å². The van der Waals surface area contributed by atoms with Crippen molar-refractivity contribution in [1.82, 2.24) is 15.5 Å². The van der Waals surface area contributed by atoms with E-state index in [1.54, 1.807) is 12.1 Å². The minimum Gasteiger partial charge on any atom is -0.331 e. The van der Waals surface area contributed by atoms with E-state index in [9.17, 15) is 9.59 Å². The number of anilines is 2. The number of rotatable bonds is 6. The van der Waals surface area contributed by atoms with Crippen LogP contribution in [-0.4, -0.2) is 22.1 Å². The van der Waals surface area contributed by atoms with Gasteiger partial charge in [-0.1, -0.05) is 48.6 Å². The smallest absolute Gasteiger partial charge is 0.319 e. The van der Waals surface area contributed by atoms with Crippen LogP contribution in [0.2, 0.25) is 0 Å². The Morgan fingerprint density at radius 1 is 0.926 bits per heavy atom. The molecule has 3 amide bonds. The van der Waals surface area contributed by atoms with Crippen molar-refractivity contribution < 1.29 is 9.59 Å². The lowest BCUT2D eigenvalue weighted by Gasteiger charge is -2.06. The molecule has 0 spiro atoms. The Balaban J connectivity index is 1.49. The van der Waals surface area contributed by atoms with Crippen LogP contribution in [-0.2, 0) is 13.0 Å². The number of carbonyl (C=O) groups excluding carboxylic acids is 2. The van der Waals surface area contributed by atoms with Crippen molar-refractivity contribution in [2.45, 2.75) is 19.9 Å². The molecule has 1 heterocycles. The van der Waals surface area contributed by atoms with Gasteiger partial charge in [-0.2, -0.15) is 0 Å². The van der Waals surface area contributed by atoms with Gasteiger partial charge in [0.2, 0.25) is 5.01 Å². The Kier molecular flexibility index (Phi) is 6.11. The monoisotopic (exact) mass is 381 g/mol. The first-order valence-electron chi connectivity index (χ1n) is 8.46. The Hall–Kier alpha value is -3.26. The maximum absolute atomic E-state index is 12.2. The molecule has 3 rings (SSSR count). The van der Waals surface area contributed by atoms with Gasteiger partial charge in [-0.05, 0) is 36.2 Å². The number of carbonyl (C=O) groups is 2. The summed E-state index contributed by atoms with van der Waals surface area (Å²) in [5, 5.41) is 16.8. The van der Waals surface area contributed by atoms with Crippen LogP contribution in [0.3, 0.4) is 0 Å². The van der Waals surface area contributed by atoms with Crippen molar-refractivity contribution in [1.29, 1.82) is 0 Å². The van der Waals surface area contributed by atoms with Crippen LogP contribution in [0.5, 0.6) is 0 Å². The Morgan fingerprint density at radius 2 is 1.63 bits per heavy atom. The van der Waals surface area contributed by atoms with Gasteiger partial charge in [0.1, 0.15) is 5.01 Å². The molecule has 3 N–H and O–H groups in total. The van der Waals surface area contributed by atoms with E-state index in [1.165, 1.54) is 5.56 Å². The third-order valence-corrected chi connectivity index (χ3v) is 4.63. The molecule has 0 aliphatic carbocycles. The van der Waals surface area contributed by atoms with E-state index in [2.05, 4.69) is 33.1 Å². The fourth-order valence-corrected chi connectivity index (χ4v) is 2.95. The van der Waals surface area contributed by atoms with Gasteiger partial charge in [0.25, 0.3) is 5.91 Å². The van der Waals surface area contributed by atoms with E-state index in [1.807, 2.05) is 42.5 Å². The number of benzene rings is 2. The van der Waals surface area contributed by atoms with Gasteiger partial charge in [0.15, 0.2) is 0 Å². The molecule has 0 saturated heterocycles. The topological polar surface area (TPSA) is 96.0 Å². The maximum Gasteiger partial charge on any atom is 0.319 e. The lowest BCUT2D eigenvalue weighted by atomic mass is 10.1. The van der Waals surface area contributed by atoms with Gasteiger partial charge >= 0.3 is 6.03 Å². The minimum absolute atomic E-state index is 0.190. The third kappa shape index (κ3) is 5.35. The van der Waals surface area contributed by atoms with E-state index in [4.69, 9.17) is 0 Å². The molecule has 7 nitrogen and oxygen atoms in total. The highest BCUT2D eigenvalue weighted by Crippen LogP contribution is 2.13. The molecule has 0 saturated carbocycles. The van der Waals surface area contributed by atoms with Gasteiger partial charge in [-0.25, -0.2) is 4.79 Å². The number of hydrogen-bond donors (Lipinski definition) is 3. The number of amides is 3. The number of para-hydroxylation sites is 1. The summed E-state index contributed by atoms with van der Waals surface area (Å²) in [5.74, 6) is -0.328. The molecule has 0 unspecified atom stereocenters. The normalized spacial score (nSPS) is 10.3. The van der Waals surface area contributed by atoms with E-state index in [0.29, 0.717) is 16.4 Å². The van der Waals surface area contributed by atoms with E-state index < -0.39 is 0 Å². The highest BCUT2D eigenvalue weighted by Gasteiger charge is 2.13.